The van der Waals surface area contributed by atoms with Gasteiger partial charge in [0, 0.05) is 28.3 Å². The van der Waals surface area contributed by atoms with Gasteiger partial charge in [0.2, 0.25) is 10.0 Å². The van der Waals surface area contributed by atoms with Crippen LogP contribution in [-0.2, 0) is 20.8 Å². The van der Waals surface area contributed by atoms with Gasteiger partial charge in [0.25, 0.3) is 0 Å². The second-order valence-corrected chi connectivity index (χ2v) is 8.07. The number of nitrogen functional groups attached to an aromatic ring is 1. The number of hydrogen-bond acceptors (Lipinski definition) is 6. The molecule has 1 heterocycles. The Bertz CT molecular complexity index is 679. The molecular formula is C11H15N3O5S2. The average Bonchev–Trinajstić information content (AvgIpc) is 2.40. The maximum atomic E-state index is 12.3. The second-order valence-electron chi connectivity index (χ2n) is 4.69. The minimum Gasteiger partial charge on any atom is -0.393 e. The number of nitrogens with two attached hydrogens (primary N) is 1. The summed E-state index contributed by atoms with van der Waals surface area (Å²) in [4.78, 5) is 9.77. The van der Waals surface area contributed by atoms with E-state index in [4.69, 9.17) is 5.73 Å². The van der Waals surface area contributed by atoms with Crippen molar-refractivity contribution in [1.29, 1.82) is 0 Å². The first kappa shape index (κ1) is 15.9. The molecule has 1 aromatic carbocycles. The maximum absolute atomic E-state index is 12.3. The average molecular weight is 333 g/mol. The van der Waals surface area contributed by atoms with Gasteiger partial charge in [-0.15, -0.1) is 0 Å². The van der Waals surface area contributed by atoms with E-state index in [1.807, 2.05) is 0 Å². The molecule has 2 rings (SSSR count). The van der Waals surface area contributed by atoms with Gasteiger partial charge in [-0.2, -0.15) is 0 Å². The second kappa shape index (κ2) is 6.08. The molecule has 8 nitrogen and oxygen atoms in total. The van der Waals surface area contributed by atoms with Crippen molar-refractivity contribution in [3.8, 4) is 0 Å². The number of hydrogen-bond donors (Lipinski definition) is 2. The molecule has 10 heteroatoms. The van der Waals surface area contributed by atoms with Crippen LogP contribution < -0.4 is 10.5 Å². The first-order valence-electron chi connectivity index (χ1n) is 6.21. The minimum absolute atomic E-state index is 0.201. The van der Waals surface area contributed by atoms with Crippen molar-refractivity contribution in [3.05, 3.63) is 28.3 Å². The largest absolute Gasteiger partial charge is 0.393 e. The lowest BCUT2D eigenvalue weighted by Gasteiger charge is -2.22. The van der Waals surface area contributed by atoms with E-state index >= 15 is 0 Å². The van der Waals surface area contributed by atoms with Crippen LogP contribution in [0.3, 0.4) is 0 Å². The van der Waals surface area contributed by atoms with Crippen molar-refractivity contribution >= 4 is 32.2 Å². The summed E-state index contributed by atoms with van der Waals surface area (Å²) in [7, 11) is -4.96. The Labute approximate surface area is 124 Å². The smallest absolute Gasteiger partial charge is 0.312 e. The van der Waals surface area contributed by atoms with Gasteiger partial charge in [-0.05, 0) is 25.0 Å². The van der Waals surface area contributed by atoms with Crippen molar-refractivity contribution in [2.24, 2.45) is 0 Å². The fourth-order valence-corrected chi connectivity index (χ4v) is 4.95. The molecule has 1 fully saturated rings. The summed E-state index contributed by atoms with van der Waals surface area (Å²) in [6.45, 7) is 0. The van der Waals surface area contributed by atoms with Gasteiger partial charge in [-0.3, -0.25) is 14.3 Å². The summed E-state index contributed by atoms with van der Waals surface area (Å²) in [6, 6.07) is 3.42. The number of nitrogens with zero attached hydrogens (tertiary/aromatic N) is 1. The molecule has 1 aromatic rings. The Morgan fingerprint density at radius 2 is 1.95 bits per heavy atom. The van der Waals surface area contributed by atoms with Crippen molar-refractivity contribution in [2.45, 2.75) is 23.8 Å². The van der Waals surface area contributed by atoms with Gasteiger partial charge in [-0.1, -0.05) is 6.07 Å². The third-order valence-electron chi connectivity index (χ3n) is 3.21. The topological polar surface area (TPSA) is 132 Å². The summed E-state index contributed by atoms with van der Waals surface area (Å²) in [5, 5.41) is 11.0. The predicted molar refractivity (Wildman–Crippen MR) is 78.7 cm³/mol. The first-order chi connectivity index (χ1) is 9.81. The lowest BCUT2D eigenvalue weighted by Crippen LogP contribution is -2.39. The summed E-state index contributed by atoms with van der Waals surface area (Å²) in [5.74, 6) is 0.846. The molecule has 0 radical (unpaired) electrons. The van der Waals surface area contributed by atoms with E-state index in [1.165, 1.54) is 12.1 Å². The van der Waals surface area contributed by atoms with Crippen LogP contribution >= 0.6 is 0 Å². The third-order valence-corrected chi connectivity index (χ3v) is 6.15. The highest BCUT2D eigenvalue weighted by Gasteiger charge is 2.31. The zero-order valence-electron chi connectivity index (χ0n) is 11.0. The molecule has 0 atom stereocenters. The number of para-hydroxylation sites is 1. The van der Waals surface area contributed by atoms with Gasteiger partial charge in [0.15, 0.2) is 4.90 Å². The highest BCUT2D eigenvalue weighted by molar-refractivity contribution is 7.89. The minimum atomic E-state index is -4.05. The van der Waals surface area contributed by atoms with Crippen molar-refractivity contribution in [2.75, 3.05) is 17.2 Å². The number of rotatable bonds is 4. The molecule has 0 spiro atoms. The molecule has 1 aliphatic heterocycles. The summed E-state index contributed by atoms with van der Waals surface area (Å²) >= 11 is 0. The molecule has 0 aromatic heterocycles. The summed E-state index contributed by atoms with van der Waals surface area (Å²) in [6.07, 6.45) is 0.893. The molecule has 0 amide bonds. The zero-order valence-corrected chi connectivity index (χ0v) is 12.7. The van der Waals surface area contributed by atoms with E-state index in [9.17, 15) is 22.7 Å². The Morgan fingerprint density at radius 1 is 1.33 bits per heavy atom. The maximum Gasteiger partial charge on any atom is 0.312 e. The van der Waals surface area contributed by atoms with Gasteiger partial charge in [0.05, 0.1) is 4.92 Å². The molecule has 116 valence electrons. The van der Waals surface area contributed by atoms with Gasteiger partial charge in [-0.25, -0.2) is 13.1 Å². The number of anilines is 1. The van der Waals surface area contributed by atoms with E-state index in [0.29, 0.717) is 24.3 Å². The monoisotopic (exact) mass is 333 g/mol. The van der Waals surface area contributed by atoms with Crippen molar-refractivity contribution in [3.63, 3.8) is 0 Å². The van der Waals surface area contributed by atoms with E-state index in [2.05, 4.69) is 4.72 Å². The van der Waals surface area contributed by atoms with Crippen LogP contribution in [0, 0.1) is 10.1 Å². The van der Waals surface area contributed by atoms with E-state index in [-0.39, 0.29) is 11.7 Å². The standard InChI is InChI=1S/C11H15N3O5S2/c12-9-2-1-3-10(11(9)14(15)16)21(18,19)13-8-4-6-20(17)7-5-8/h1-3,8,13H,4-7,12H2. The van der Waals surface area contributed by atoms with Crippen LogP contribution in [0.1, 0.15) is 12.8 Å². The van der Waals surface area contributed by atoms with Crippen molar-refractivity contribution in [1.82, 2.24) is 4.72 Å². The number of nitro groups is 1. The number of benzene rings is 1. The highest BCUT2D eigenvalue weighted by Crippen LogP contribution is 2.30. The molecule has 0 bridgehead atoms. The number of sulfonamides is 1. The SMILES string of the molecule is Nc1cccc(S(=O)(=O)NC2CCS(=O)CC2)c1[N+](=O)[O-]. The Morgan fingerprint density at radius 3 is 2.52 bits per heavy atom. The third kappa shape index (κ3) is 3.57. The molecular weight excluding hydrogens is 318 g/mol. The highest BCUT2D eigenvalue weighted by atomic mass is 32.2. The molecule has 3 N–H and O–H groups in total. The van der Waals surface area contributed by atoms with Crippen molar-refractivity contribution < 1.29 is 17.6 Å². The van der Waals surface area contributed by atoms with Crippen LogP contribution in [0.5, 0.6) is 0 Å². The van der Waals surface area contributed by atoms with Crippen LogP contribution in [0.4, 0.5) is 11.4 Å². The zero-order chi connectivity index (χ0) is 15.6. The predicted octanol–water partition coefficient (Wildman–Crippen LogP) is 0.366. The van der Waals surface area contributed by atoms with E-state index in [0.717, 1.165) is 6.07 Å². The Balaban J connectivity index is 2.30. The van der Waals surface area contributed by atoms with Crippen LogP contribution in [0.2, 0.25) is 0 Å². The van der Waals surface area contributed by atoms with Crippen LogP contribution in [-0.4, -0.2) is 35.1 Å². The fourth-order valence-electron chi connectivity index (χ4n) is 2.15. The van der Waals surface area contributed by atoms with E-state index in [1.54, 1.807) is 0 Å². The molecule has 0 aliphatic carbocycles. The molecule has 0 unspecified atom stereocenters. The lowest BCUT2D eigenvalue weighted by atomic mass is 10.2. The quantitative estimate of drug-likeness (QED) is 0.464. The summed E-state index contributed by atoms with van der Waals surface area (Å²) in [5.41, 5.74) is 4.67. The number of nitro benzene ring substituents is 1. The molecule has 21 heavy (non-hydrogen) atoms. The lowest BCUT2D eigenvalue weighted by molar-refractivity contribution is -0.386. The van der Waals surface area contributed by atoms with Crippen LogP contribution in [0.25, 0.3) is 0 Å². The van der Waals surface area contributed by atoms with Gasteiger partial charge in [0.1, 0.15) is 5.69 Å². The molecule has 1 saturated heterocycles. The summed E-state index contributed by atoms with van der Waals surface area (Å²) < 4.78 is 38.3. The van der Waals surface area contributed by atoms with Gasteiger partial charge < -0.3 is 5.73 Å². The Hall–Kier alpha value is -1.52. The molecule has 0 saturated carbocycles. The normalized spacial score (nSPS) is 22.9. The Kier molecular flexibility index (Phi) is 4.59. The van der Waals surface area contributed by atoms with E-state index < -0.39 is 36.3 Å². The van der Waals surface area contributed by atoms with Gasteiger partial charge >= 0.3 is 5.69 Å². The first-order valence-corrected chi connectivity index (χ1v) is 9.18. The van der Waals surface area contributed by atoms with Crippen LogP contribution in [0.15, 0.2) is 23.1 Å². The fraction of sp³-hybridized carbons (Fsp3) is 0.455. The molecule has 1 aliphatic rings. The number of nitrogens with one attached hydrogen (secondary N) is 1.